The molecule has 1 heterocycles. The van der Waals surface area contributed by atoms with E-state index in [2.05, 4.69) is 0 Å². The maximum atomic E-state index is 11.7. The van der Waals surface area contributed by atoms with E-state index in [1.807, 2.05) is 20.8 Å². The molecule has 0 atom stereocenters. The molecule has 0 fully saturated rings. The summed E-state index contributed by atoms with van der Waals surface area (Å²) in [6, 6.07) is 1.22. The van der Waals surface area contributed by atoms with Crippen molar-refractivity contribution in [1.82, 2.24) is 0 Å². The minimum Gasteiger partial charge on any atom is -0.468 e. The highest BCUT2D eigenvalue weighted by Gasteiger charge is 2.27. The van der Waals surface area contributed by atoms with Crippen LogP contribution in [0.5, 0.6) is 0 Å². The molecular formula is C12H16O4. The summed E-state index contributed by atoms with van der Waals surface area (Å²) in [5.41, 5.74) is -0.783. The van der Waals surface area contributed by atoms with Crippen molar-refractivity contribution < 1.29 is 13.9 Å². The minimum atomic E-state index is -0.623. The quantitative estimate of drug-likeness (QED) is 0.722. The van der Waals surface area contributed by atoms with Gasteiger partial charge in [-0.2, -0.15) is 0 Å². The number of hydrogen-bond acceptors (Lipinski definition) is 4. The van der Waals surface area contributed by atoms with E-state index in [1.54, 1.807) is 6.92 Å². The Morgan fingerprint density at radius 2 is 2.06 bits per heavy atom. The Labute approximate surface area is 94.2 Å². The first kappa shape index (κ1) is 12.5. The van der Waals surface area contributed by atoms with Gasteiger partial charge in [0.2, 0.25) is 0 Å². The van der Waals surface area contributed by atoms with Gasteiger partial charge in [0.25, 0.3) is 0 Å². The lowest BCUT2D eigenvalue weighted by Gasteiger charge is -2.18. The van der Waals surface area contributed by atoms with Crippen molar-refractivity contribution in [2.45, 2.75) is 33.1 Å². The van der Waals surface area contributed by atoms with Gasteiger partial charge in [0.1, 0.15) is 11.3 Å². The minimum absolute atomic E-state index is 0.00292. The van der Waals surface area contributed by atoms with Crippen LogP contribution in [0.15, 0.2) is 21.5 Å². The van der Waals surface area contributed by atoms with Crippen molar-refractivity contribution in [2.75, 3.05) is 6.61 Å². The highest BCUT2D eigenvalue weighted by molar-refractivity contribution is 5.90. The number of esters is 1. The van der Waals surface area contributed by atoms with Crippen LogP contribution in [0.25, 0.3) is 0 Å². The molecule has 4 heteroatoms. The molecular weight excluding hydrogens is 208 g/mol. The summed E-state index contributed by atoms with van der Waals surface area (Å²) in [5, 5.41) is 0. The van der Waals surface area contributed by atoms with Crippen molar-refractivity contribution in [3.05, 3.63) is 33.9 Å². The summed E-state index contributed by atoms with van der Waals surface area (Å²) < 4.78 is 10.1. The summed E-state index contributed by atoms with van der Waals surface area (Å²) >= 11 is 0. The second-order valence-corrected chi connectivity index (χ2v) is 4.46. The van der Waals surface area contributed by atoms with Crippen LogP contribution >= 0.6 is 0 Å². The first-order chi connectivity index (χ1) is 7.38. The van der Waals surface area contributed by atoms with Crippen molar-refractivity contribution in [3.8, 4) is 0 Å². The molecule has 0 unspecified atom stereocenters. The van der Waals surface area contributed by atoms with E-state index in [1.165, 1.54) is 12.3 Å². The molecule has 1 rings (SSSR count). The van der Waals surface area contributed by atoms with E-state index in [9.17, 15) is 9.59 Å². The van der Waals surface area contributed by atoms with Crippen molar-refractivity contribution in [1.29, 1.82) is 0 Å². The molecule has 0 amide bonds. The molecule has 16 heavy (non-hydrogen) atoms. The van der Waals surface area contributed by atoms with Gasteiger partial charge in [0.15, 0.2) is 5.43 Å². The second kappa shape index (κ2) is 4.51. The highest BCUT2D eigenvalue weighted by atomic mass is 16.5. The topological polar surface area (TPSA) is 56.5 Å². The van der Waals surface area contributed by atoms with Crippen molar-refractivity contribution >= 4 is 5.97 Å². The molecule has 0 saturated heterocycles. The molecule has 88 valence electrons. The van der Waals surface area contributed by atoms with E-state index in [0.717, 1.165) is 0 Å². The molecule has 0 aliphatic heterocycles. The van der Waals surface area contributed by atoms with Crippen LogP contribution in [0.1, 0.15) is 43.8 Å². The van der Waals surface area contributed by atoms with Crippen LogP contribution < -0.4 is 5.43 Å². The van der Waals surface area contributed by atoms with Gasteiger partial charge < -0.3 is 9.15 Å². The Hall–Kier alpha value is -1.58. The first-order valence-electron chi connectivity index (χ1n) is 5.17. The zero-order valence-electron chi connectivity index (χ0n) is 9.99. The van der Waals surface area contributed by atoms with E-state index in [0.29, 0.717) is 5.76 Å². The van der Waals surface area contributed by atoms with Crippen molar-refractivity contribution in [3.63, 3.8) is 0 Å². The average Bonchev–Trinajstić information content (AvgIpc) is 2.16. The van der Waals surface area contributed by atoms with Gasteiger partial charge in [-0.05, 0) is 6.92 Å². The Morgan fingerprint density at radius 3 is 2.56 bits per heavy atom. The van der Waals surface area contributed by atoms with Crippen LogP contribution in [0, 0.1) is 0 Å². The van der Waals surface area contributed by atoms with Gasteiger partial charge in [-0.15, -0.1) is 0 Å². The zero-order chi connectivity index (χ0) is 12.3. The van der Waals surface area contributed by atoms with Crippen LogP contribution in [0.2, 0.25) is 0 Å². The summed E-state index contributed by atoms with van der Waals surface area (Å²) in [6.45, 7) is 7.53. The molecule has 0 aliphatic carbocycles. The number of carbonyl (C=O) groups is 1. The molecule has 0 aliphatic rings. The Balaban J connectivity index is 3.36. The summed E-state index contributed by atoms with van der Waals surface area (Å²) in [4.78, 5) is 23.3. The molecule has 4 nitrogen and oxygen atoms in total. The Kier molecular flexibility index (Phi) is 3.52. The summed E-state index contributed by atoms with van der Waals surface area (Å²) in [7, 11) is 0. The summed E-state index contributed by atoms with van der Waals surface area (Å²) in [5.74, 6) is -0.264. The fourth-order valence-corrected chi connectivity index (χ4v) is 1.37. The lowest BCUT2D eigenvalue weighted by atomic mass is 9.89. The maximum Gasteiger partial charge on any atom is 0.345 e. The second-order valence-electron chi connectivity index (χ2n) is 4.46. The Morgan fingerprint density at radius 1 is 1.44 bits per heavy atom. The highest BCUT2D eigenvalue weighted by Crippen LogP contribution is 2.24. The number of hydrogen-bond donors (Lipinski definition) is 0. The molecule has 0 bridgehead atoms. The van der Waals surface area contributed by atoms with E-state index >= 15 is 0 Å². The third kappa shape index (κ3) is 2.51. The standard InChI is InChI=1S/C12H16O4/c1-5-15-11(14)9-8(13)6-7-16-10(9)12(2,3)4/h6-7H,5H2,1-4H3. The lowest BCUT2D eigenvalue weighted by molar-refractivity contribution is 0.0517. The normalized spacial score (nSPS) is 11.2. The summed E-state index contributed by atoms with van der Waals surface area (Å²) in [6.07, 6.45) is 1.30. The largest absolute Gasteiger partial charge is 0.468 e. The maximum absolute atomic E-state index is 11.7. The smallest absolute Gasteiger partial charge is 0.345 e. The zero-order valence-corrected chi connectivity index (χ0v) is 9.99. The van der Waals surface area contributed by atoms with Gasteiger partial charge in [0, 0.05) is 11.5 Å². The van der Waals surface area contributed by atoms with Gasteiger partial charge >= 0.3 is 5.97 Å². The van der Waals surface area contributed by atoms with E-state index < -0.39 is 11.4 Å². The molecule has 0 aromatic carbocycles. The fourth-order valence-electron chi connectivity index (χ4n) is 1.37. The van der Waals surface area contributed by atoms with E-state index in [-0.39, 0.29) is 17.6 Å². The predicted octanol–water partition coefficient (Wildman–Crippen LogP) is 2.11. The van der Waals surface area contributed by atoms with E-state index in [4.69, 9.17) is 9.15 Å². The molecule has 1 aromatic rings. The fraction of sp³-hybridized carbons (Fsp3) is 0.500. The molecule has 0 radical (unpaired) electrons. The van der Waals surface area contributed by atoms with Gasteiger partial charge in [0.05, 0.1) is 12.9 Å². The third-order valence-electron chi connectivity index (χ3n) is 2.04. The number of rotatable bonds is 2. The molecule has 0 N–H and O–H groups in total. The predicted molar refractivity (Wildman–Crippen MR) is 59.6 cm³/mol. The van der Waals surface area contributed by atoms with Gasteiger partial charge in [-0.3, -0.25) is 4.79 Å². The average molecular weight is 224 g/mol. The van der Waals surface area contributed by atoms with Crippen molar-refractivity contribution in [2.24, 2.45) is 0 Å². The molecule has 1 aromatic heterocycles. The van der Waals surface area contributed by atoms with Gasteiger partial charge in [-0.25, -0.2) is 4.79 Å². The van der Waals surface area contributed by atoms with Gasteiger partial charge in [-0.1, -0.05) is 20.8 Å². The first-order valence-corrected chi connectivity index (χ1v) is 5.17. The van der Waals surface area contributed by atoms with Crippen LogP contribution in [0.3, 0.4) is 0 Å². The molecule has 0 spiro atoms. The van der Waals surface area contributed by atoms with Crippen LogP contribution in [0.4, 0.5) is 0 Å². The monoisotopic (exact) mass is 224 g/mol. The third-order valence-corrected chi connectivity index (χ3v) is 2.04. The van der Waals surface area contributed by atoms with Crippen LogP contribution in [-0.2, 0) is 10.2 Å². The Bertz CT molecular complexity index is 437. The SMILES string of the molecule is CCOC(=O)c1c(C(C)(C)C)occc1=O. The van der Waals surface area contributed by atoms with Crippen LogP contribution in [-0.4, -0.2) is 12.6 Å². The lowest BCUT2D eigenvalue weighted by Crippen LogP contribution is -2.25. The number of ether oxygens (including phenoxy) is 1. The molecule has 0 saturated carbocycles. The number of carbonyl (C=O) groups excluding carboxylic acids is 1.